The van der Waals surface area contributed by atoms with Crippen LogP contribution in [0.2, 0.25) is 0 Å². The van der Waals surface area contributed by atoms with Crippen molar-refractivity contribution in [1.82, 2.24) is 9.80 Å². The molecule has 0 bridgehead atoms. The highest BCUT2D eigenvalue weighted by Gasteiger charge is 2.18. The fourth-order valence-corrected chi connectivity index (χ4v) is 2.24. The molecule has 0 aromatic heterocycles. The predicted octanol–water partition coefficient (Wildman–Crippen LogP) is 2.07. The van der Waals surface area contributed by atoms with Gasteiger partial charge in [-0.25, -0.2) is 0 Å². The molecular formula is C16H36N2O2. The molecule has 1 rings (SSSR count). The summed E-state index contributed by atoms with van der Waals surface area (Å²) in [6.45, 7) is 16.3. The molecule has 1 N–H and O–H groups in total. The van der Waals surface area contributed by atoms with E-state index in [4.69, 9.17) is 4.74 Å². The molecule has 0 amide bonds. The molecule has 1 heterocycles. The second kappa shape index (κ2) is 9.72. The molecule has 1 unspecified atom stereocenters. The standard InChI is InChI=1S/C15H32N2O2.CH4/c1-5-16-7-9-17(10-8-16)12-14(18)13-19-11-6-15(2,3)4;/h14,18H,5-13H2,1-4H3;1H4. The molecule has 1 saturated heterocycles. The van der Waals surface area contributed by atoms with E-state index >= 15 is 0 Å². The normalized spacial score (nSPS) is 19.6. The van der Waals surface area contributed by atoms with E-state index in [1.54, 1.807) is 0 Å². The number of piperazine rings is 1. The first kappa shape index (κ1) is 19.8. The first-order valence-corrected chi connectivity index (χ1v) is 7.61. The van der Waals surface area contributed by atoms with Crippen molar-refractivity contribution < 1.29 is 9.84 Å². The van der Waals surface area contributed by atoms with Gasteiger partial charge in [-0.15, -0.1) is 0 Å². The molecule has 122 valence electrons. The summed E-state index contributed by atoms with van der Waals surface area (Å²) in [5, 5.41) is 9.97. The van der Waals surface area contributed by atoms with Crippen LogP contribution in [-0.2, 0) is 4.74 Å². The van der Waals surface area contributed by atoms with Crippen LogP contribution in [0.4, 0.5) is 0 Å². The molecule has 0 saturated carbocycles. The molecular weight excluding hydrogens is 252 g/mol. The van der Waals surface area contributed by atoms with Crippen molar-refractivity contribution in [2.75, 3.05) is 52.5 Å². The van der Waals surface area contributed by atoms with Crippen molar-refractivity contribution in [1.29, 1.82) is 0 Å². The number of nitrogens with zero attached hydrogens (tertiary/aromatic N) is 2. The summed E-state index contributed by atoms with van der Waals surface area (Å²) in [5.41, 5.74) is 0.307. The van der Waals surface area contributed by atoms with E-state index in [1.807, 2.05) is 0 Å². The molecule has 1 aliphatic rings. The number of ether oxygens (including phenoxy) is 1. The van der Waals surface area contributed by atoms with Crippen molar-refractivity contribution >= 4 is 0 Å². The van der Waals surface area contributed by atoms with Gasteiger partial charge in [-0.3, -0.25) is 4.90 Å². The van der Waals surface area contributed by atoms with E-state index in [1.165, 1.54) is 0 Å². The first-order chi connectivity index (χ1) is 8.90. The van der Waals surface area contributed by atoms with Crippen LogP contribution in [0.1, 0.15) is 41.5 Å². The highest BCUT2D eigenvalue weighted by atomic mass is 16.5. The van der Waals surface area contributed by atoms with Crippen molar-refractivity contribution in [3.8, 4) is 0 Å². The maximum absolute atomic E-state index is 9.97. The van der Waals surface area contributed by atoms with Gasteiger partial charge in [0.2, 0.25) is 0 Å². The van der Waals surface area contributed by atoms with E-state index in [2.05, 4.69) is 37.5 Å². The van der Waals surface area contributed by atoms with E-state index < -0.39 is 0 Å². The molecule has 0 spiro atoms. The van der Waals surface area contributed by atoms with E-state index in [0.717, 1.165) is 52.3 Å². The van der Waals surface area contributed by atoms with Crippen molar-refractivity contribution in [2.45, 2.75) is 47.6 Å². The summed E-state index contributed by atoms with van der Waals surface area (Å²) in [6.07, 6.45) is 0.683. The maximum Gasteiger partial charge on any atom is 0.0900 e. The third-order valence-electron chi connectivity index (χ3n) is 3.69. The molecule has 1 atom stereocenters. The van der Waals surface area contributed by atoms with Crippen LogP contribution in [0.15, 0.2) is 0 Å². The zero-order chi connectivity index (χ0) is 14.3. The molecule has 0 aromatic carbocycles. The third-order valence-corrected chi connectivity index (χ3v) is 3.69. The summed E-state index contributed by atoms with van der Waals surface area (Å²) in [6, 6.07) is 0. The quantitative estimate of drug-likeness (QED) is 0.728. The molecule has 1 fully saturated rings. The van der Waals surface area contributed by atoms with Crippen LogP contribution in [-0.4, -0.2) is 73.5 Å². The van der Waals surface area contributed by atoms with E-state index in [0.29, 0.717) is 12.0 Å². The number of aliphatic hydroxyl groups excluding tert-OH is 1. The summed E-state index contributed by atoms with van der Waals surface area (Å²) < 4.78 is 5.57. The number of aliphatic hydroxyl groups is 1. The minimum atomic E-state index is -0.354. The largest absolute Gasteiger partial charge is 0.389 e. The van der Waals surface area contributed by atoms with E-state index in [-0.39, 0.29) is 13.5 Å². The zero-order valence-electron chi connectivity index (χ0n) is 13.2. The Hall–Kier alpha value is -0.160. The number of hydrogen-bond acceptors (Lipinski definition) is 4. The average molecular weight is 288 g/mol. The molecule has 20 heavy (non-hydrogen) atoms. The van der Waals surface area contributed by atoms with Crippen LogP contribution >= 0.6 is 0 Å². The molecule has 0 radical (unpaired) electrons. The SMILES string of the molecule is C.CCN1CCN(CC(O)COCCC(C)(C)C)CC1. The van der Waals surface area contributed by atoms with Gasteiger partial charge in [0.05, 0.1) is 12.7 Å². The van der Waals surface area contributed by atoms with Crippen LogP contribution in [0.5, 0.6) is 0 Å². The molecule has 0 aromatic rings. The second-order valence-corrected chi connectivity index (χ2v) is 6.77. The Balaban J connectivity index is 0.00000361. The molecule has 4 heteroatoms. The highest BCUT2D eigenvalue weighted by molar-refractivity contribution is 4.73. The van der Waals surface area contributed by atoms with Crippen LogP contribution in [0.25, 0.3) is 0 Å². The Morgan fingerprint density at radius 2 is 1.65 bits per heavy atom. The zero-order valence-corrected chi connectivity index (χ0v) is 13.2. The van der Waals surface area contributed by atoms with Crippen LogP contribution in [0, 0.1) is 5.41 Å². The Labute approximate surface area is 126 Å². The molecule has 4 nitrogen and oxygen atoms in total. The fourth-order valence-electron chi connectivity index (χ4n) is 2.24. The lowest BCUT2D eigenvalue weighted by Gasteiger charge is -2.34. The smallest absolute Gasteiger partial charge is 0.0900 e. The monoisotopic (exact) mass is 288 g/mol. The predicted molar refractivity (Wildman–Crippen MR) is 86.2 cm³/mol. The van der Waals surface area contributed by atoms with Crippen molar-refractivity contribution in [3.63, 3.8) is 0 Å². The lowest BCUT2D eigenvalue weighted by Crippen LogP contribution is -2.48. The topological polar surface area (TPSA) is 35.9 Å². The number of rotatable bonds is 7. The lowest BCUT2D eigenvalue weighted by atomic mass is 9.93. The second-order valence-electron chi connectivity index (χ2n) is 6.77. The van der Waals surface area contributed by atoms with Gasteiger partial charge in [0.1, 0.15) is 0 Å². The van der Waals surface area contributed by atoms with Gasteiger partial charge < -0.3 is 14.7 Å². The fraction of sp³-hybridized carbons (Fsp3) is 1.00. The first-order valence-electron chi connectivity index (χ1n) is 7.61. The van der Waals surface area contributed by atoms with Gasteiger partial charge in [-0.1, -0.05) is 35.1 Å². The van der Waals surface area contributed by atoms with Crippen LogP contribution < -0.4 is 0 Å². The van der Waals surface area contributed by atoms with Crippen molar-refractivity contribution in [2.24, 2.45) is 5.41 Å². The Morgan fingerprint density at radius 3 is 2.15 bits per heavy atom. The van der Waals surface area contributed by atoms with Crippen LogP contribution in [0.3, 0.4) is 0 Å². The van der Waals surface area contributed by atoms with Gasteiger partial charge in [-0.2, -0.15) is 0 Å². The lowest BCUT2D eigenvalue weighted by molar-refractivity contribution is 0.00166. The minimum Gasteiger partial charge on any atom is -0.389 e. The van der Waals surface area contributed by atoms with Crippen molar-refractivity contribution in [3.05, 3.63) is 0 Å². The number of β-amino-alcohol motifs (C(OH)–C–C–N with tert-alkyl or cyclic N) is 1. The minimum absolute atomic E-state index is 0. The van der Waals surface area contributed by atoms with Gasteiger partial charge in [0, 0.05) is 39.3 Å². The highest BCUT2D eigenvalue weighted by Crippen LogP contribution is 2.17. The summed E-state index contributed by atoms with van der Waals surface area (Å²) in [4.78, 5) is 4.78. The molecule has 1 aliphatic heterocycles. The van der Waals surface area contributed by atoms with Gasteiger partial charge in [-0.05, 0) is 18.4 Å². The summed E-state index contributed by atoms with van der Waals surface area (Å²) in [5.74, 6) is 0. The molecule has 0 aliphatic carbocycles. The van der Waals surface area contributed by atoms with Gasteiger partial charge in [0.15, 0.2) is 0 Å². The Bertz CT molecular complexity index is 233. The van der Waals surface area contributed by atoms with Gasteiger partial charge in [0.25, 0.3) is 0 Å². The van der Waals surface area contributed by atoms with Gasteiger partial charge >= 0.3 is 0 Å². The average Bonchev–Trinajstić information content (AvgIpc) is 2.34. The Morgan fingerprint density at radius 1 is 1.10 bits per heavy atom. The number of hydrogen-bond donors (Lipinski definition) is 1. The summed E-state index contributed by atoms with van der Waals surface area (Å²) in [7, 11) is 0. The van der Waals surface area contributed by atoms with E-state index in [9.17, 15) is 5.11 Å². The Kier molecular flexibility index (Phi) is 9.64. The number of likely N-dealkylation sites (N-methyl/N-ethyl adjacent to an activating group) is 1. The maximum atomic E-state index is 9.97. The summed E-state index contributed by atoms with van der Waals surface area (Å²) >= 11 is 0. The third kappa shape index (κ3) is 8.90.